The van der Waals surface area contributed by atoms with Crippen molar-refractivity contribution in [3.05, 3.63) is 94.5 Å². The molecule has 34 heavy (non-hydrogen) atoms. The first-order valence-electron chi connectivity index (χ1n) is 11.9. The molecule has 5 heteroatoms. The van der Waals surface area contributed by atoms with Crippen molar-refractivity contribution in [2.75, 3.05) is 13.7 Å². The normalized spacial score (nSPS) is 17.2. The molecule has 1 N–H and O–H groups in total. The molecule has 1 heterocycles. The molecule has 1 fully saturated rings. The van der Waals surface area contributed by atoms with E-state index in [0.717, 1.165) is 36.1 Å². The van der Waals surface area contributed by atoms with Gasteiger partial charge >= 0.3 is 5.97 Å². The monoisotopic (exact) mass is 459 g/mol. The van der Waals surface area contributed by atoms with Gasteiger partial charge in [0.05, 0.1) is 13.2 Å². The van der Waals surface area contributed by atoms with E-state index in [-0.39, 0.29) is 6.04 Å². The van der Waals surface area contributed by atoms with Gasteiger partial charge in [-0.2, -0.15) is 0 Å². The van der Waals surface area contributed by atoms with Gasteiger partial charge in [0, 0.05) is 0 Å². The van der Waals surface area contributed by atoms with E-state index < -0.39 is 12.0 Å². The lowest BCUT2D eigenvalue weighted by Gasteiger charge is -2.40. The third-order valence-corrected chi connectivity index (χ3v) is 6.46. The maximum absolute atomic E-state index is 12.2. The van der Waals surface area contributed by atoms with Crippen LogP contribution in [0.15, 0.2) is 66.7 Å². The summed E-state index contributed by atoms with van der Waals surface area (Å²) in [6, 6.07) is 21.8. The van der Waals surface area contributed by atoms with Crippen molar-refractivity contribution < 1.29 is 19.4 Å². The van der Waals surface area contributed by atoms with Crippen LogP contribution in [-0.4, -0.2) is 35.7 Å². The topological polar surface area (TPSA) is 59.0 Å². The minimum atomic E-state index is -0.760. The summed E-state index contributed by atoms with van der Waals surface area (Å²) >= 11 is 0. The number of carboxylic acids is 1. The van der Waals surface area contributed by atoms with E-state index in [0.29, 0.717) is 24.5 Å². The molecular formula is C29H33NO4. The second-order valence-electron chi connectivity index (χ2n) is 9.10. The Hall–Kier alpha value is -3.31. The number of aliphatic carboxylic acids is 1. The molecular weight excluding hydrogens is 426 g/mol. The Morgan fingerprint density at radius 2 is 1.71 bits per heavy atom. The van der Waals surface area contributed by atoms with Crippen LogP contribution in [0.25, 0.3) is 0 Å². The lowest BCUT2D eigenvalue weighted by Crippen LogP contribution is -2.46. The smallest absolute Gasteiger partial charge is 0.320 e. The summed E-state index contributed by atoms with van der Waals surface area (Å²) in [7, 11) is 1.64. The summed E-state index contributed by atoms with van der Waals surface area (Å²) in [5.74, 6) is 0.554. The molecule has 0 aromatic heterocycles. The van der Waals surface area contributed by atoms with Crippen molar-refractivity contribution in [2.24, 2.45) is 0 Å². The van der Waals surface area contributed by atoms with E-state index in [1.807, 2.05) is 48.5 Å². The number of carbonyl (C=O) groups is 1. The predicted molar refractivity (Wildman–Crippen MR) is 134 cm³/mol. The average Bonchev–Trinajstić information content (AvgIpc) is 2.83. The van der Waals surface area contributed by atoms with Crippen molar-refractivity contribution >= 4 is 5.97 Å². The molecule has 1 aliphatic rings. The zero-order valence-electron chi connectivity index (χ0n) is 20.2. The second-order valence-corrected chi connectivity index (χ2v) is 9.10. The van der Waals surface area contributed by atoms with Gasteiger partial charge in [-0.05, 0) is 62.1 Å². The highest BCUT2D eigenvalue weighted by Gasteiger charge is 2.35. The minimum Gasteiger partial charge on any atom is -0.493 e. The number of hydrogen-bond donors (Lipinski definition) is 1. The summed E-state index contributed by atoms with van der Waals surface area (Å²) < 4.78 is 11.8. The summed E-state index contributed by atoms with van der Waals surface area (Å²) in [4.78, 5) is 14.3. The predicted octanol–water partition coefficient (Wildman–Crippen LogP) is 5.92. The van der Waals surface area contributed by atoms with Gasteiger partial charge in [0.25, 0.3) is 0 Å². The zero-order chi connectivity index (χ0) is 24.1. The molecule has 178 valence electrons. The van der Waals surface area contributed by atoms with Crippen molar-refractivity contribution in [3.8, 4) is 11.5 Å². The molecule has 4 rings (SSSR count). The molecule has 0 radical (unpaired) electrons. The van der Waals surface area contributed by atoms with Gasteiger partial charge in [-0.3, -0.25) is 9.69 Å². The number of hydrogen-bond acceptors (Lipinski definition) is 4. The molecule has 5 nitrogen and oxygen atoms in total. The number of benzene rings is 3. The van der Waals surface area contributed by atoms with Crippen molar-refractivity contribution in [3.63, 3.8) is 0 Å². The summed E-state index contributed by atoms with van der Waals surface area (Å²) in [5.41, 5.74) is 5.52. The minimum absolute atomic E-state index is 0.183. The van der Waals surface area contributed by atoms with Gasteiger partial charge in [0.1, 0.15) is 12.6 Å². The fraction of sp³-hybridized carbons (Fsp3) is 0.345. The molecule has 2 atom stereocenters. The number of aryl methyl sites for hydroxylation is 2. The van der Waals surface area contributed by atoms with Crippen LogP contribution in [0.3, 0.4) is 0 Å². The van der Waals surface area contributed by atoms with E-state index in [1.165, 1.54) is 11.1 Å². The van der Waals surface area contributed by atoms with Gasteiger partial charge in [-0.1, -0.05) is 72.1 Å². The average molecular weight is 460 g/mol. The Balaban J connectivity index is 1.72. The maximum Gasteiger partial charge on any atom is 0.320 e. The lowest BCUT2D eigenvalue weighted by molar-refractivity contribution is -0.145. The van der Waals surface area contributed by atoms with Crippen molar-refractivity contribution in [1.29, 1.82) is 0 Å². The molecule has 0 saturated carbocycles. The van der Waals surface area contributed by atoms with Crippen LogP contribution >= 0.6 is 0 Å². The summed E-state index contributed by atoms with van der Waals surface area (Å²) in [5, 5.41) is 10.00. The fourth-order valence-corrected chi connectivity index (χ4v) is 4.98. The van der Waals surface area contributed by atoms with Gasteiger partial charge in [-0.25, -0.2) is 0 Å². The molecule has 3 aromatic rings. The molecule has 1 saturated heterocycles. The van der Waals surface area contributed by atoms with Crippen molar-refractivity contribution in [1.82, 2.24) is 4.90 Å². The largest absolute Gasteiger partial charge is 0.493 e. The molecule has 0 bridgehead atoms. The molecule has 3 aromatic carbocycles. The lowest BCUT2D eigenvalue weighted by atomic mass is 9.90. The Kier molecular flexibility index (Phi) is 7.53. The highest BCUT2D eigenvalue weighted by Crippen LogP contribution is 2.39. The Bertz CT molecular complexity index is 1110. The maximum atomic E-state index is 12.2. The molecule has 0 aliphatic carbocycles. The van der Waals surface area contributed by atoms with Crippen LogP contribution < -0.4 is 9.47 Å². The quantitative estimate of drug-likeness (QED) is 0.453. The van der Waals surface area contributed by atoms with Gasteiger partial charge in [0.15, 0.2) is 11.5 Å². The van der Waals surface area contributed by atoms with E-state index in [4.69, 9.17) is 9.47 Å². The van der Waals surface area contributed by atoms with Crippen molar-refractivity contribution in [2.45, 2.75) is 51.8 Å². The van der Waals surface area contributed by atoms with E-state index in [1.54, 1.807) is 7.11 Å². The zero-order valence-corrected chi connectivity index (χ0v) is 20.2. The number of carboxylic acid groups (broad SMARTS) is 1. The highest BCUT2D eigenvalue weighted by atomic mass is 16.5. The third-order valence-electron chi connectivity index (χ3n) is 6.46. The SMILES string of the molecule is COc1cc(C(c2cc(C)cc(C)c2)N2CCCCC2C(=O)O)ccc1OCc1ccccc1. The number of ether oxygens (including phenoxy) is 2. The first-order valence-corrected chi connectivity index (χ1v) is 11.9. The Morgan fingerprint density at radius 3 is 2.38 bits per heavy atom. The fourth-order valence-electron chi connectivity index (χ4n) is 4.98. The first-order chi connectivity index (χ1) is 16.5. The van der Waals surface area contributed by atoms with Gasteiger partial charge in [0.2, 0.25) is 0 Å². The van der Waals surface area contributed by atoms with Crippen LogP contribution in [0.2, 0.25) is 0 Å². The standard InChI is InChI=1S/C29H33NO4/c1-20-15-21(2)17-24(16-20)28(30-14-8-7-11-25(30)29(31)32)23-12-13-26(27(18-23)33-3)34-19-22-9-5-4-6-10-22/h4-6,9-10,12-13,15-18,25,28H,7-8,11,14,19H2,1-3H3,(H,31,32). The number of nitrogens with zero attached hydrogens (tertiary/aromatic N) is 1. The van der Waals surface area contributed by atoms with E-state index >= 15 is 0 Å². The van der Waals surface area contributed by atoms with Gasteiger partial charge in [-0.15, -0.1) is 0 Å². The van der Waals surface area contributed by atoms with E-state index in [9.17, 15) is 9.90 Å². The van der Waals surface area contributed by atoms with Gasteiger partial charge < -0.3 is 14.6 Å². The number of methoxy groups -OCH3 is 1. The number of likely N-dealkylation sites (tertiary alicyclic amines) is 1. The third kappa shape index (κ3) is 5.42. The first kappa shape index (κ1) is 23.8. The highest BCUT2D eigenvalue weighted by molar-refractivity contribution is 5.73. The van der Waals surface area contributed by atoms with Crippen LogP contribution in [-0.2, 0) is 11.4 Å². The van der Waals surface area contributed by atoms with Crippen LogP contribution in [0, 0.1) is 13.8 Å². The van der Waals surface area contributed by atoms with Crippen LogP contribution in [0.5, 0.6) is 11.5 Å². The number of piperidine rings is 1. The Labute approximate surface area is 201 Å². The summed E-state index contributed by atoms with van der Waals surface area (Å²) in [6.45, 7) is 5.35. The van der Waals surface area contributed by atoms with E-state index in [2.05, 4.69) is 36.9 Å². The molecule has 2 unspecified atom stereocenters. The van der Waals surface area contributed by atoms with Crippen LogP contribution in [0.4, 0.5) is 0 Å². The second kappa shape index (κ2) is 10.7. The molecule has 0 spiro atoms. The number of rotatable bonds is 8. The molecule has 1 aliphatic heterocycles. The van der Waals surface area contributed by atoms with Crippen LogP contribution in [0.1, 0.15) is 53.1 Å². The molecule has 0 amide bonds. The Morgan fingerprint density at radius 1 is 0.971 bits per heavy atom. The summed E-state index contributed by atoms with van der Waals surface area (Å²) in [6.07, 6.45) is 2.58.